The lowest BCUT2D eigenvalue weighted by atomic mass is 9.84. The Labute approximate surface area is 292 Å². The van der Waals surface area contributed by atoms with Crippen LogP contribution >= 0.6 is 0 Å². The quantitative estimate of drug-likeness (QED) is 0.0821. The summed E-state index contributed by atoms with van der Waals surface area (Å²) >= 11 is 0. The summed E-state index contributed by atoms with van der Waals surface area (Å²) < 4.78 is 12.4. The molecule has 2 N–H and O–H groups in total. The molecule has 1 aliphatic rings. The lowest BCUT2D eigenvalue weighted by Gasteiger charge is -2.38. The van der Waals surface area contributed by atoms with Crippen LogP contribution in [0.3, 0.4) is 0 Å². The summed E-state index contributed by atoms with van der Waals surface area (Å²) in [5.74, 6) is -0.362. The zero-order chi connectivity index (χ0) is 35.3. The minimum absolute atomic E-state index is 0.0529. The van der Waals surface area contributed by atoms with Gasteiger partial charge in [0.2, 0.25) is 0 Å². The maximum Gasteiger partial charge on any atom is 0.338 e. The van der Waals surface area contributed by atoms with Gasteiger partial charge < -0.3 is 19.4 Å². The molecule has 2 aromatic rings. The number of hydrogen-bond acceptors (Lipinski definition) is 5. The van der Waals surface area contributed by atoms with Crippen molar-refractivity contribution in [3.05, 3.63) is 60.2 Å². The number of esters is 1. The summed E-state index contributed by atoms with van der Waals surface area (Å²) in [5, 5.41) is 21.1. The molecule has 1 aliphatic carbocycles. The third kappa shape index (κ3) is 12.1. The van der Waals surface area contributed by atoms with Crippen LogP contribution in [0.15, 0.2) is 54.6 Å². The van der Waals surface area contributed by atoms with E-state index in [9.17, 15) is 19.8 Å². The number of carboxylic acid groups (broad SMARTS) is 1. The van der Waals surface area contributed by atoms with Crippen LogP contribution in [-0.2, 0) is 14.0 Å². The van der Waals surface area contributed by atoms with E-state index in [1.54, 1.807) is 0 Å². The van der Waals surface area contributed by atoms with Gasteiger partial charge in [0.25, 0.3) is 0 Å². The summed E-state index contributed by atoms with van der Waals surface area (Å²) in [5.41, 5.74) is 2.67. The van der Waals surface area contributed by atoms with Gasteiger partial charge in [-0.2, -0.15) is 0 Å². The molecule has 0 aromatic heterocycles. The highest BCUT2D eigenvalue weighted by molar-refractivity contribution is 6.74. The molecule has 0 spiro atoms. The number of hydrogen-bond donors (Lipinski definition) is 2. The van der Waals surface area contributed by atoms with Gasteiger partial charge in [-0.15, -0.1) is 0 Å². The van der Waals surface area contributed by atoms with E-state index < -0.39 is 26.5 Å². The molecule has 6 atom stereocenters. The highest BCUT2D eigenvalue weighted by Crippen LogP contribution is 2.42. The monoisotopic (exact) mass is 680 g/mol. The van der Waals surface area contributed by atoms with Gasteiger partial charge in [-0.3, -0.25) is 0 Å². The highest BCUT2D eigenvalue weighted by atomic mass is 28.4. The second-order valence-corrected chi connectivity index (χ2v) is 20.6. The van der Waals surface area contributed by atoms with Crippen molar-refractivity contribution >= 4 is 20.3 Å². The Bertz CT molecular complexity index is 1240. The van der Waals surface area contributed by atoms with Gasteiger partial charge in [-0.25, -0.2) is 9.59 Å². The van der Waals surface area contributed by atoms with Crippen LogP contribution in [0.2, 0.25) is 18.1 Å². The molecule has 0 aliphatic heterocycles. The Hall–Kier alpha value is -2.48. The fourth-order valence-corrected chi connectivity index (χ4v) is 8.25. The number of carbonyl (C=O) groups is 2. The molecule has 1 fully saturated rings. The van der Waals surface area contributed by atoms with Crippen molar-refractivity contribution in [3.8, 4) is 11.1 Å². The minimum atomic E-state index is -2.20. The second-order valence-electron chi connectivity index (χ2n) is 15.9. The van der Waals surface area contributed by atoms with Crippen LogP contribution in [0.5, 0.6) is 0 Å². The average molecular weight is 681 g/mol. The maximum atomic E-state index is 13.4. The Morgan fingerprint density at radius 1 is 0.833 bits per heavy atom. The lowest BCUT2D eigenvalue weighted by molar-refractivity contribution is -0.146. The molecule has 6 nitrogen and oxygen atoms in total. The Kier molecular flexibility index (Phi) is 15.9. The number of aliphatic carboxylic acids is 1. The van der Waals surface area contributed by atoms with Crippen LogP contribution < -0.4 is 0 Å². The number of aliphatic hydroxyl groups excluding tert-OH is 1. The van der Waals surface area contributed by atoms with E-state index in [1.807, 2.05) is 54.6 Å². The fraction of sp³-hybridized carbons (Fsp3) is 0.659. The average Bonchev–Trinajstić information content (AvgIpc) is 3.33. The smallest absolute Gasteiger partial charge is 0.338 e. The van der Waals surface area contributed by atoms with E-state index in [-0.39, 0.29) is 28.9 Å². The number of carbonyl (C=O) groups excluding carboxylic acids is 1. The summed E-state index contributed by atoms with van der Waals surface area (Å²) in [7, 11) is -2.20. The number of ether oxygens (including phenoxy) is 1. The second kappa shape index (κ2) is 19.1. The Morgan fingerprint density at radius 3 is 2.06 bits per heavy atom. The predicted molar refractivity (Wildman–Crippen MR) is 199 cm³/mol. The van der Waals surface area contributed by atoms with Crippen LogP contribution in [0, 0.1) is 17.8 Å². The van der Waals surface area contributed by atoms with Gasteiger partial charge in [0.1, 0.15) is 12.2 Å². The van der Waals surface area contributed by atoms with E-state index in [4.69, 9.17) is 9.16 Å². The topological polar surface area (TPSA) is 93.1 Å². The molecule has 0 amide bonds. The molecular weight excluding hydrogens is 617 g/mol. The zero-order valence-corrected chi connectivity index (χ0v) is 31.9. The van der Waals surface area contributed by atoms with Crippen molar-refractivity contribution < 1.29 is 29.0 Å². The number of rotatable bonds is 20. The predicted octanol–water partition coefficient (Wildman–Crippen LogP) is 10.7. The summed E-state index contributed by atoms with van der Waals surface area (Å²) in [6.07, 6.45) is 10.9. The lowest BCUT2D eigenvalue weighted by Crippen LogP contribution is -2.46. The molecule has 48 heavy (non-hydrogen) atoms. The van der Waals surface area contributed by atoms with E-state index in [0.29, 0.717) is 24.3 Å². The van der Waals surface area contributed by atoms with E-state index in [2.05, 4.69) is 47.7 Å². The SMILES string of the molecule is CCCCCC(C)CCC[C@H]1C(O)C[C@H](OC(=O)c2ccc(-c3ccccc3)cc2)[C@@H]1CCCCCC(O[Si](C)(C)C(C)(C)C)C(=O)O. The number of aliphatic hydroxyl groups is 1. The van der Waals surface area contributed by atoms with Crippen LogP contribution in [-0.4, -0.2) is 48.8 Å². The molecule has 0 heterocycles. The number of carboxylic acids is 1. The molecule has 2 aromatic carbocycles. The summed E-state index contributed by atoms with van der Waals surface area (Å²) in [4.78, 5) is 25.4. The first-order valence-corrected chi connectivity index (χ1v) is 21.6. The van der Waals surface area contributed by atoms with E-state index in [1.165, 1.54) is 25.7 Å². The van der Waals surface area contributed by atoms with E-state index in [0.717, 1.165) is 56.1 Å². The van der Waals surface area contributed by atoms with Crippen molar-refractivity contribution in [2.75, 3.05) is 0 Å². The van der Waals surface area contributed by atoms with Gasteiger partial charge in [0.05, 0.1) is 11.7 Å². The molecule has 3 unspecified atom stereocenters. The van der Waals surface area contributed by atoms with E-state index >= 15 is 0 Å². The first-order valence-electron chi connectivity index (χ1n) is 18.7. The Morgan fingerprint density at radius 2 is 1.44 bits per heavy atom. The molecular formula is C41H64O6Si. The normalized spacial score (nSPS) is 21.2. The van der Waals surface area contributed by atoms with Gasteiger partial charge in [-0.05, 0) is 72.5 Å². The van der Waals surface area contributed by atoms with Crippen LogP contribution in [0.4, 0.5) is 0 Å². The van der Waals surface area contributed by atoms with Gasteiger partial charge in [0.15, 0.2) is 8.32 Å². The largest absolute Gasteiger partial charge is 0.479 e. The molecule has 0 radical (unpaired) electrons. The minimum Gasteiger partial charge on any atom is -0.479 e. The summed E-state index contributed by atoms with van der Waals surface area (Å²) in [6.45, 7) is 15.1. The van der Waals surface area contributed by atoms with Gasteiger partial charge >= 0.3 is 11.9 Å². The molecule has 7 heteroatoms. The van der Waals surface area contributed by atoms with Crippen molar-refractivity contribution in [1.29, 1.82) is 0 Å². The maximum absolute atomic E-state index is 13.4. The van der Waals surface area contributed by atoms with Crippen molar-refractivity contribution in [2.24, 2.45) is 17.8 Å². The zero-order valence-electron chi connectivity index (χ0n) is 30.9. The fourth-order valence-electron chi connectivity index (χ4n) is 6.97. The molecule has 0 saturated heterocycles. The Balaban J connectivity index is 1.62. The van der Waals surface area contributed by atoms with Crippen LogP contribution in [0.1, 0.15) is 128 Å². The molecule has 1 saturated carbocycles. The molecule has 3 rings (SSSR count). The number of unbranched alkanes of at least 4 members (excludes halogenated alkanes) is 4. The van der Waals surface area contributed by atoms with Crippen molar-refractivity contribution in [1.82, 2.24) is 0 Å². The third-order valence-corrected chi connectivity index (χ3v) is 15.5. The first-order chi connectivity index (χ1) is 22.7. The van der Waals surface area contributed by atoms with Crippen molar-refractivity contribution in [3.63, 3.8) is 0 Å². The van der Waals surface area contributed by atoms with Crippen LogP contribution in [0.25, 0.3) is 11.1 Å². The number of benzene rings is 2. The highest BCUT2D eigenvalue weighted by Gasteiger charge is 2.44. The standard InChI is InChI=1S/C41H64O6Si/c1-8-9-12-18-30(2)19-17-23-34-35(22-15-11-16-24-37(39(43)44)47-48(6,7)41(3,4)5)38(29-36(34)42)46-40(45)33-27-25-32(26-28-33)31-20-13-10-14-21-31/h10,13-14,20-21,25-28,30,34-38,42H,8-9,11-12,15-19,22-24,29H2,1-7H3,(H,43,44)/t30?,34-,35-,36?,37?,38+/m1/s1. The van der Waals surface area contributed by atoms with Gasteiger partial charge in [0, 0.05) is 12.3 Å². The molecule has 0 bridgehead atoms. The van der Waals surface area contributed by atoms with Gasteiger partial charge in [-0.1, -0.05) is 135 Å². The van der Waals surface area contributed by atoms with Crippen molar-refractivity contribution in [2.45, 2.75) is 155 Å². The molecule has 268 valence electrons. The third-order valence-electron chi connectivity index (χ3n) is 11.0. The first kappa shape index (κ1) is 40.0. The summed E-state index contributed by atoms with van der Waals surface area (Å²) in [6, 6.07) is 17.6.